The van der Waals surface area contributed by atoms with Crippen LogP contribution in [0.3, 0.4) is 0 Å². The van der Waals surface area contributed by atoms with E-state index in [0.29, 0.717) is 11.1 Å². The minimum Gasteiger partial charge on any atom is -0.384 e. The van der Waals surface area contributed by atoms with E-state index in [1.165, 1.54) is 18.6 Å². The van der Waals surface area contributed by atoms with Gasteiger partial charge in [-0.1, -0.05) is 13.3 Å². The van der Waals surface area contributed by atoms with Crippen molar-refractivity contribution in [2.75, 3.05) is 11.5 Å². The molecular formula is C11H17N3S. The van der Waals surface area contributed by atoms with E-state index in [1.54, 1.807) is 0 Å². The maximum absolute atomic E-state index is 5.80. The summed E-state index contributed by atoms with van der Waals surface area (Å²) in [4.78, 5) is 8.94. The molecule has 4 heteroatoms. The SMILES string of the molecule is CCCc1cc(N)nc(C2CCCS2)n1. The number of nitrogen functional groups attached to an aromatic ring is 1. The number of aromatic nitrogens is 2. The van der Waals surface area contributed by atoms with Crippen LogP contribution in [-0.2, 0) is 6.42 Å². The molecule has 82 valence electrons. The van der Waals surface area contributed by atoms with E-state index >= 15 is 0 Å². The monoisotopic (exact) mass is 223 g/mol. The normalized spacial score (nSPS) is 20.7. The van der Waals surface area contributed by atoms with Crippen LogP contribution in [0, 0.1) is 0 Å². The van der Waals surface area contributed by atoms with Crippen molar-refractivity contribution in [1.82, 2.24) is 9.97 Å². The van der Waals surface area contributed by atoms with Crippen LogP contribution >= 0.6 is 11.8 Å². The number of anilines is 1. The van der Waals surface area contributed by atoms with Crippen molar-refractivity contribution >= 4 is 17.6 Å². The molecule has 2 heterocycles. The van der Waals surface area contributed by atoms with E-state index in [-0.39, 0.29) is 0 Å². The molecule has 1 unspecified atom stereocenters. The molecule has 2 N–H and O–H groups in total. The number of thioether (sulfide) groups is 1. The maximum atomic E-state index is 5.80. The van der Waals surface area contributed by atoms with Gasteiger partial charge in [0, 0.05) is 11.8 Å². The average molecular weight is 223 g/mol. The van der Waals surface area contributed by atoms with E-state index in [1.807, 2.05) is 17.8 Å². The standard InChI is InChI=1S/C11H17N3S/c1-2-4-8-7-10(12)14-11(13-8)9-5-3-6-15-9/h7,9H,2-6H2,1H3,(H2,12,13,14). The predicted octanol–water partition coefficient (Wildman–Crippen LogP) is 2.58. The van der Waals surface area contributed by atoms with Crippen molar-refractivity contribution in [3.8, 4) is 0 Å². The van der Waals surface area contributed by atoms with Gasteiger partial charge < -0.3 is 5.73 Å². The van der Waals surface area contributed by atoms with Gasteiger partial charge in [0.2, 0.25) is 0 Å². The molecule has 0 radical (unpaired) electrons. The lowest BCUT2D eigenvalue weighted by Crippen LogP contribution is -2.05. The highest BCUT2D eigenvalue weighted by atomic mass is 32.2. The predicted molar refractivity (Wildman–Crippen MR) is 64.9 cm³/mol. The quantitative estimate of drug-likeness (QED) is 0.855. The van der Waals surface area contributed by atoms with Crippen LogP contribution in [0.15, 0.2) is 6.07 Å². The van der Waals surface area contributed by atoms with Gasteiger partial charge in [-0.05, 0) is 25.0 Å². The zero-order chi connectivity index (χ0) is 10.7. The van der Waals surface area contributed by atoms with Crippen LogP contribution < -0.4 is 5.73 Å². The van der Waals surface area contributed by atoms with Gasteiger partial charge in [-0.15, -0.1) is 0 Å². The Balaban J connectivity index is 2.22. The molecule has 0 aliphatic carbocycles. The number of rotatable bonds is 3. The van der Waals surface area contributed by atoms with Crippen LogP contribution in [0.1, 0.15) is 43.0 Å². The first-order valence-corrected chi connectivity index (χ1v) is 6.59. The molecule has 1 aliphatic heterocycles. The molecule has 0 amide bonds. The third-order valence-corrected chi connectivity index (χ3v) is 3.91. The number of aryl methyl sites for hydroxylation is 1. The Kier molecular flexibility index (Phi) is 3.46. The first kappa shape index (κ1) is 10.7. The van der Waals surface area contributed by atoms with Crippen molar-refractivity contribution in [2.45, 2.75) is 37.9 Å². The largest absolute Gasteiger partial charge is 0.384 e. The molecule has 1 aliphatic rings. The summed E-state index contributed by atoms with van der Waals surface area (Å²) in [5.41, 5.74) is 6.89. The highest BCUT2D eigenvalue weighted by Gasteiger charge is 2.20. The third kappa shape index (κ3) is 2.62. The minimum atomic E-state index is 0.476. The van der Waals surface area contributed by atoms with E-state index in [2.05, 4.69) is 16.9 Å². The van der Waals surface area contributed by atoms with E-state index in [0.717, 1.165) is 24.4 Å². The maximum Gasteiger partial charge on any atom is 0.143 e. The van der Waals surface area contributed by atoms with Gasteiger partial charge in [-0.2, -0.15) is 11.8 Å². The van der Waals surface area contributed by atoms with Crippen molar-refractivity contribution in [1.29, 1.82) is 0 Å². The van der Waals surface area contributed by atoms with Crippen molar-refractivity contribution in [2.24, 2.45) is 0 Å². The van der Waals surface area contributed by atoms with Crippen LogP contribution in [0.2, 0.25) is 0 Å². The molecule has 0 aromatic carbocycles. The summed E-state index contributed by atoms with van der Waals surface area (Å²) >= 11 is 1.95. The third-order valence-electron chi connectivity index (χ3n) is 2.54. The molecule has 15 heavy (non-hydrogen) atoms. The Hall–Kier alpha value is -0.770. The van der Waals surface area contributed by atoms with E-state index in [4.69, 9.17) is 5.73 Å². The van der Waals surface area contributed by atoms with Crippen LogP contribution in [0.25, 0.3) is 0 Å². The second-order valence-corrected chi connectivity index (χ2v) is 5.20. The Morgan fingerprint density at radius 1 is 1.53 bits per heavy atom. The Labute approximate surface area is 94.9 Å². The number of hydrogen-bond donors (Lipinski definition) is 1. The lowest BCUT2D eigenvalue weighted by molar-refractivity contribution is 0.759. The highest BCUT2D eigenvalue weighted by molar-refractivity contribution is 7.99. The molecule has 0 bridgehead atoms. The van der Waals surface area contributed by atoms with Crippen molar-refractivity contribution in [3.63, 3.8) is 0 Å². The summed E-state index contributed by atoms with van der Waals surface area (Å²) in [5.74, 6) is 2.79. The Morgan fingerprint density at radius 3 is 3.07 bits per heavy atom. The van der Waals surface area contributed by atoms with E-state index in [9.17, 15) is 0 Å². The highest BCUT2D eigenvalue weighted by Crippen LogP contribution is 2.38. The van der Waals surface area contributed by atoms with Gasteiger partial charge in [0.05, 0.1) is 5.25 Å². The fourth-order valence-electron chi connectivity index (χ4n) is 1.85. The van der Waals surface area contributed by atoms with Gasteiger partial charge >= 0.3 is 0 Å². The number of hydrogen-bond acceptors (Lipinski definition) is 4. The lowest BCUT2D eigenvalue weighted by atomic mass is 10.2. The lowest BCUT2D eigenvalue weighted by Gasteiger charge is -2.09. The molecule has 3 nitrogen and oxygen atoms in total. The zero-order valence-electron chi connectivity index (χ0n) is 9.07. The molecular weight excluding hydrogens is 206 g/mol. The fourth-order valence-corrected chi connectivity index (χ4v) is 3.05. The first-order chi connectivity index (χ1) is 7.29. The fraction of sp³-hybridized carbons (Fsp3) is 0.636. The van der Waals surface area contributed by atoms with Gasteiger partial charge in [-0.3, -0.25) is 0 Å². The second kappa shape index (κ2) is 4.84. The number of nitrogens with two attached hydrogens (primary N) is 1. The molecule has 1 aromatic rings. The van der Waals surface area contributed by atoms with Gasteiger partial charge in [-0.25, -0.2) is 9.97 Å². The first-order valence-electron chi connectivity index (χ1n) is 5.54. The zero-order valence-corrected chi connectivity index (χ0v) is 9.89. The summed E-state index contributed by atoms with van der Waals surface area (Å²) in [5, 5.41) is 0.476. The topological polar surface area (TPSA) is 51.8 Å². The van der Waals surface area contributed by atoms with Gasteiger partial charge in [0.1, 0.15) is 11.6 Å². The van der Waals surface area contributed by atoms with Crippen molar-refractivity contribution in [3.05, 3.63) is 17.6 Å². The molecule has 2 rings (SSSR count). The van der Waals surface area contributed by atoms with E-state index < -0.39 is 0 Å². The minimum absolute atomic E-state index is 0.476. The molecule has 0 saturated carbocycles. The molecule has 1 atom stereocenters. The number of nitrogens with zero attached hydrogens (tertiary/aromatic N) is 2. The van der Waals surface area contributed by atoms with Gasteiger partial charge in [0.15, 0.2) is 0 Å². The average Bonchev–Trinajstić information content (AvgIpc) is 2.70. The summed E-state index contributed by atoms with van der Waals surface area (Å²) in [7, 11) is 0. The van der Waals surface area contributed by atoms with Crippen molar-refractivity contribution < 1.29 is 0 Å². The summed E-state index contributed by atoms with van der Waals surface area (Å²) in [6.45, 7) is 2.16. The van der Waals surface area contributed by atoms with Crippen LogP contribution in [0.5, 0.6) is 0 Å². The Bertz CT molecular complexity index is 335. The Morgan fingerprint density at radius 2 is 2.40 bits per heavy atom. The summed E-state index contributed by atoms with van der Waals surface area (Å²) in [6.07, 6.45) is 4.57. The summed E-state index contributed by atoms with van der Waals surface area (Å²) < 4.78 is 0. The van der Waals surface area contributed by atoms with Gasteiger partial charge in [0.25, 0.3) is 0 Å². The second-order valence-electron chi connectivity index (χ2n) is 3.89. The molecule has 1 fully saturated rings. The molecule has 1 saturated heterocycles. The molecule has 0 spiro atoms. The van der Waals surface area contributed by atoms with Crippen LogP contribution in [-0.4, -0.2) is 15.7 Å². The summed E-state index contributed by atoms with van der Waals surface area (Å²) in [6, 6.07) is 1.90. The smallest absolute Gasteiger partial charge is 0.143 e. The van der Waals surface area contributed by atoms with Crippen LogP contribution in [0.4, 0.5) is 5.82 Å². The molecule has 1 aromatic heterocycles.